The SMILES string of the molecule is O=[C]CCCCCCCCCc1ccc2ccc3cccc4ccc1c2c34. The maximum atomic E-state index is 10.2. The molecule has 0 saturated carbocycles. The Labute approximate surface area is 161 Å². The number of unbranched alkanes of at least 4 members (excludes halogenated alkanes) is 7. The number of hydrogen-bond acceptors (Lipinski definition) is 1. The Morgan fingerprint density at radius 2 is 1.19 bits per heavy atom. The van der Waals surface area contributed by atoms with E-state index in [1.807, 2.05) is 6.29 Å². The molecule has 0 saturated heterocycles. The lowest BCUT2D eigenvalue weighted by Crippen LogP contribution is -1.91. The molecule has 0 aliphatic carbocycles. The number of carbonyl (C=O) groups excluding carboxylic acids is 1. The van der Waals surface area contributed by atoms with Gasteiger partial charge < -0.3 is 0 Å². The fourth-order valence-corrected chi connectivity index (χ4v) is 4.41. The minimum Gasteiger partial charge on any atom is -0.291 e. The molecule has 0 N–H and O–H groups in total. The van der Waals surface area contributed by atoms with Gasteiger partial charge in [0.05, 0.1) is 0 Å². The average Bonchev–Trinajstić information content (AvgIpc) is 2.71. The van der Waals surface area contributed by atoms with Crippen LogP contribution in [0.3, 0.4) is 0 Å². The summed E-state index contributed by atoms with van der Waals surface area (Å²) in [6, 6.07) is 20.3. The third-order valence-corrected chi connectivity index (χ3v) is 5.84. The molecule has 0 fully saturated rings. The van der Waals surface area contributed by atoms with Gasteiger partial charge in [-0.2, -0.15) is 0 Å². The van der Waals surface area contributed by atoms with E-state index in [-0.39, 0.29) is 0 Å². The maximum Gasteiger partial charge on any atom is 0.198 e. The van der Waals surface area contributed by atoms with E-state index in [1.165, 1.54) is 76.4 Å². The van der Waals surface area contributed by atoms with Crippen molar-refractivity contribution in [3.8, 4) is 0 Å². The fraction of sp³-hybridized carbons (Fsp3) is 0.346. The van der Waals surface area contributed by atoms with Crippen molar-refractivity contribution in [1.82, 2.24) is 0 Å². The van der Waals surface area contributed by atoms with Crippen LogP contribution in [0, 0.1) is 0 Å². The first kappa shape index (κ1) is 18.0. The van der Waals surface area contributed by atoms with Crippen LogP contribution in [0.5, 0.6) is 0 Å². The average molecular weight is 356 g/mol. The molecule has 0 unspecified atom stereocenters. The van der Waals surface area contributed by atoms with Gasteiger partial charge in [0.2, 0.25) is 0 Å². The Morgan fingerprint density at radius 1 is 0.593 bits per heavy atom. The van der Waals surface area contributed by atoms with Gasteiger partial charge in [-0.3, -0.25) is 4.79 Å². The topological polar surface area (TPSA) is 17.1 Å². The summed E-state index contributed by atoms with van der Waals surface area (Å²) >= 11 is 0. The van der Waals surface area contributed by atoms with E-state index in [4.69, 9.17) is 0 Å². The van der Waals surface area contributed by atoms with Crippen molar-refractivity contribution >= 4 is 38.6 Å². The summed E-state index contributed by atoms with van der Waals surface area (Å²) in [7, 11) is 0. The van der Waals surface area contributed by atoms with Crippen molar-refractivity contribution in [3.05, 3.63) is 60.2 Å². The predicted octanol–water partition coefficient (Wildman–Crippen LogP) is 7.36. The quantitative estimate of drug-likeness (QED) is 0.214. The van der Waals surface area contributed by atoms with E-state index in [0.717, 1.165) is 12.8 Å². The molecule has 0 heterocycles. The summed E-state index contributed by atoms with van der Waals surface area (Å²) < 4.78 is 0. The maximum absolute atomic E-state index is 10.2. The third kappa shape index (κ3) is 3.83. The van der Waals surface area contributed by atoms with E-state index >= 15 is 0 Å². The zero-order valence-corrected chi connectivity index (χ0v) is 16.0. The molecule has 0 amide bonds. The standard InChI is InChI=1S/C26H27O/c27-19-8-6-4-2-1-3-5-7-10-20-13-14-23-16-15-21-11-9-12-22-17-18-24(20)26(23)25(21)22/h9,11-18H,1-8,10H2. The molecule has 1 heteroatoms. The summed E-state index contributed by atoms with van der Waals surface area (Å²) in [5.74, 6) is 0. The molecule has 1 nitrogen and oxygen atoms in total. The highest BCUT2D eigenvalue weighted by Crippen LogP contribution is 2.36. The van der Waals surface area contributed by atoms with Gasteiger partial charge >= 0.3 is 0 Å². The van der Waals surface area contributed by atoms with Crippen LogP contribution < -0.4 is 0 Å². The smallest absolute Gasteiger partial charge is 0.198 e. The van der Waals surface area contributed by atoms with Gasteiger partial charge in [0.15, 0.2) is 6.29 Å². The van der Waals surface area contributed by atoms with Crippen molar-refractivity contribution in [3.63, 3.8) is 0 Å². The van der Waals surface area contributed by atoms with Crippen LogP contribution in [0.1, 0.15) is 56.9 Å². The Kier molecular flexibility index (Phi) is 5.67. The molecular weight excluding hydrogens is 328 g/mol. The molecule has 4 aromatic rings. The number of rotatable bonds is 10. The van der Waals surface area contributed by atoms with Crippen molar-refractivity contribution < 1.29 is 4.79 Å². The summed E-state index contributed by atoms with van der Waals surface area (Å²) in [4.78, 5) is 10.2. The van der Waals surface area contributed by atoms with Crippen molar-refractivity contribution in [1.29, 1.82) is 0 Å². The van der Waals surface area contributed by atoms with E-state index in [2.05, 4.69) is 54.6 Å². The highest BCUT2D eigenvalue weighted by molar-refractivity contribution is 6.23. The molecule has 1 radical (unpaired) electrons. The summed E-state index contributed by atoms with van der Waals surface area (Å²) in [5, 5.41) is 8.33. The molecule has 0 aliphatic heterocycles. The lowest BCUT2D eigenvalue weighted by Gasteiger charge is -2.14. The van der Waals surface area contributed by atoms with Crippen LogP contribution in [0.4, 0.5) is 0 Å². The fourth-order valence-electron chi connectivity index (χ4n) is 4.41. The van der Waals surface area contributed by atoms with Gasteiger partial charge in [0.25, 0.3) is 0 Å². The molecule has 4 aromatic carbocycles. The van der Waals surface area contributed by atoms with Gasteiger partial charge in [-0.15, -0.1) is 0 Å². The summed E-state index contributed by atoms with van der Waals surface area (Å²) in [5.41, 5.74) is 1.49. The minimum absolute atomic E-state index is 0.606. The van der Waals surface area contributed by atoms with Crippen molar-refractivity contribution in [2.45, 2.75) is 57.8 Å². The Morgan fingerprint density at radius 3 is 1.93 bits per heavy atom. The van der Waals surface area contributed by atoms with Gasteiger partial charge in [0, 0.05) is 6.42 Å². The monoisotopic (exact) mass is 355 g/mol. The third-order valence-electron chi connectivity index (χ3n) is 5.84. The largest absolute Gasteiger partial charge is 0.291 e. The molecular formula is C26H27O. The van der Waals surface area contributed by atoms with Gasteiger partial charge in [-0.1, -0.05) is 86.7 Å². The molecule has 0 aromatic heterocycles. The van der Waals surface area contributed by atoms with E-state index in [0.29, 0.717) is 6.42 Å². The Hall–Kier alpha value is -2.41. The molecule has 137 valence electrons. The Balaban J connectivity index is 1.43. The highest BCUT2D eigenvalue weighted by atomic mass is 16.1. The van der Waals surface area contributed by atoms with Crippen molar-refractivity contribution in [2.24, 2.45) is 0 Å². The summed E-state index contributed by atoms with van der Waals surface area (Å²) in [6.45, 7) is 0. The molecule has 0 spiro atoms. The minimum atomic E-state index is 0.606. The highest BCUT2D eigenvalue weighted by Gasteiger charge is 2.10. The number of benzene rings is 4. The van der Waals surface area contributed by atoms with Crippen LogP contribution in [0.2, 0.25) is 0 Å². The molecule has 0 aliphatic rings. The first-order valence-electron chi connectivity index (χ1n) is 10.4. The van der Waals surface area contributed by atoms with E-state index < -0.39 is 0 Å². The predicted molar refractivity (Wildman–Crippen MR) is 116 cm³/mol. The first-order valence-corrected chi connectivity index (χ1v) is 10.4. The number of aryl methyl sites for hydroxylation is 1. The molecule has 4 rings (SSSR count). The van der Waals surface area contributed by atoms with Gasteiger partial charge in [-0.25, -0.2) is 0 Å². The van der Waals surface area contributed by atoms with Crippen LogP contribution >= 0.6 is 0 Å². The Bertz CT molecular complexity index is 1010. The zero-order chi connectivity index (χ0) is 18.5. The second kappa shape index (κ2) is 8.52. The lowest BCUT2D eigenvalue weighted by atomic mass is 9.90. The number of hydrogen-bond donors (Lipinski definition) is 0. The second-order valence-electron chi connectivity index (χ2n) is 7.70. The normalized spacial score (nSPS) is 11.7. The molecule has 0 bridgehead atoms. The van der Waals surface area contributed by atoms with Gasteiger partial charge in [-0.05, 0) is 57.1 Å². The van der Waals surface area contributed by atoms with Gasteiger partial charge in [0.1, 0.15) is 0 Å². The summed E-state index contributed by atoms with van der Waals surface area (Å²) in [6.07, 6.45) is 12.3. The van der Waals surface area contributed by atoms with Crippen LogP contribution in [0.15, 0.2) is 54.6 Å². The molecule has 0 atom stereocenters. The second-order valence-corrected chi connectivity index (χ2v) is 7.70. The molecule has 27 heavy (non-hydrogen) atoms. The first-order chi connectivity index (χ1) is 13.4. The zero-order valence-electron chi connectivity index (χ0n) is 16.0. The van der Waals surface area contributed by atoms with E-state index in [9.17, 15) is 4.79 Å². The van der Waals surface area contributed by atoms with E-state index in [1.54, 1.807) is 0 Å². The lowest BCUT2D eigenvalue weighted by molar-refractivity contribution is 0.539. The van der Waals surface area contributed by atoms with Crippen LogP contribution in [0.25, 0.3) is 32.3 Å². The van der Waals surface area contributed by atoms with Crippen molar-refractivity contribution in [2.75, 3.05) is 0 Å². The van der Waals surface area contributed by atoms with Crippen LogP contribution in [-0.4, -0.2) is 6.29 Å². The van der Waals surface area contributed by atoms with Crippen LogP contribution in [-0.2, 0) is 11.2 Å².